The maximum atomic E-state index is 11.7. The molecule has 0 atom stereocenters. The fourth-order valence-electron chi connectivity index (χ4n) is 1.88. The summed E-state index contributed by atoms with van der Waals surface area (Å²) in [5.41, 5.74) is -0.448. The topological polar surface area (TPSA) is 67.6 Å². The summed E-state index contributed by atoms with van der Waals surface area (Å²) < 4.78 is 6.96. The highest BCUT2D eigenvalue weighted by atomic mass is 16.6. The predicted molar refractivity (Wildman–Crippen MR) is 65.2 cm³/mol. The number of aromatic nitrogens is 2. The Kier molecular flexibility index (Phi) is 3.19. The molecule has 0 spiro atoms. The number of nitrogens with zero attached hydrogens (tertiary/aromatic N) is 3. The van der Waals surface area contributed by atoms with Gasteiger partial charge in [0, 0.05) is 25.6 Å². The van der Waals surface area contributed by atoms with E-state index in [1.165, 1.54) is 6.20 Å². The van der Waals surface area contributed by atoms with E-state index in [1.54, 1.807) is 15.8 Å². The van der Waals surface area contributed by atoms with Gasteiger partial charge in [0.15, 0.2) is 5.75 Å². The van der Waals surface area contributed by atoms with Gasteiger partial charge in [0.05, 0.1) is 12.4 Å². The van der Waals surface area contributed by atoms with Gasteiger partial charge in [-0.25, -0.2) is 4.79 Å². The monoisotopic (exact) mass is 253 g/mol. The zero-order valence-electron chi connectivity index (χ0n) is 11.0. The first-order valence-corrected chi connectivity index (χ1v) is 6.03. The van der Waals surface area contributed by atoms with Crippen molar-refractivity contribution >= 4 is 6.09 Å². The molecule has 1 aromatic rings. The quantitative estimate of drug-likeness (QED) is 0.866. The molecule has 0 bridgehead atoms. The lowest BCUT2D eigenvalue weighted by Crippen LogP contribution is -2.52. The van der Waals surface area contributed by atoms with Crippen molar-refractivity contribution in [3.8, 4) is 5.75 Å². The number of hydrogen-bond donors (Lipinski definition) is 1. The van der Waals surface area contributed by atoms with Gasteiger partial charge in [-0.3, -0.25) is 4.68 Å². The molecular weight excluding hydrogens is 234 g/mol. The largest absolute Gasteiger partial charge is 0.505 e. The van der Waals surface area contributed by atoms with E-state index in [9.17, 15) is 4.79 Å². The normalized spacial score (nSPS) is 16.5. The summed E-state index contributed by atoms with van der Waals surface area (Å²) in [6, 6.07) is 0. The first-order chi connectivity index (χ1) is 8.33. The molecule has 1 aromatic heterocycles. The van der Waals surface area contributed by atoms with Crippen LogP contribution in [0.2, 0.25) is 0 Å². The van der Waals surface area contributed by atoms with Crippen LogP contribution in [0.3, 0.4) is 0 Å². The van der Waals surface area contributed by atoms with Crippen LogP contribution >= 0.6 is 0 Å². The number of carbonyl (C=O) groups is 1. The van der Waals surface area contributed by atoms with Crippen LogP contribution in [-0.2, 0) is 11.3 Å². The maximum Gasteiger partial charge on any atom is 0.410 e. The van der Waals surface area contributed by atoms with E-state index in [-0.39, 0.29) is 11.8 Å². The van der Waals surface area contributed by atoms with Gasteiger partial charge in [0.25, 0.3) is 0 Å². The molecule has 1 fully saturated rings. The second-order valence-corrected chi connectivity index (χ2v) is 5.67. The molecule has 0 saturated carbocycles. The lowest BCUT2D eigenvalue weighted by atomic mass is 10.0. The second kappa shape index (κ2) is 4.51. The smallest absolute Gasteiger partial charge is 0.410 e. The number of aromatic hydroxyl groups is 1. The molecule has 6 nitrogen and oxygen atoms in total. The van der Waals surface area contributed by atoms with Gasteiger partial charge in [-0.05, 0) is 20.8 Å². The SMILES string of the molecule is CC(C)(C)OC(=O)N1CC(Cn2cc(O)cn2)C1. The minimum atomic E-state index is -0.448. The van der Waals surface area contributed by atoms with Gasteiger partial charge < -0.3 is 14.7 Å². The number of hydrogen-bond acceptors (Lipinski definition) is 4. The van der Waals surface area contributed by atoms with E-state index in [2.05, 4.69) is 5.10 Å². The third-order valence-electron chi connectivity index (χ3n) is 2.67. The fourth-order valence-corrected chi connectivity index (χ4v) is 1.88. The summed E-state index contributed by atoms with van der Waals surface area (Å²) in [6.07, 6.45) is 2.72. The molecule has 1 aliphatic heterocycles. The molecule has 6 heteroatoms. The van der Waals surface area contributed by atoms with Crippen LogP contribution in [0.4, 0.5) is 4.79 Å². The Balaban J connectivity index is 1.75. The van der Waals surface area contributed by atoms with Crippen molar-refractivity contribution in [3.05, 3.63) is 12.4 Å². The first kappa shape index (κ1) is 12.7. The minimum Gasteiger partial charge on any atom is -0.505 e. The van der Waals surface area contributed by atoms with Gasteiger partial charge in [0.1, 0.15) is 5.60 Å². The van der Waals surface area contributed by atoms with Gasteiger partial charge >= 0.3 is 6.09 Å². The summed E-state index contributed by atoms with van der Waals surface area (Å²) in [5, 5.41) is 13.2. The fraction of sp³-hybridized carbons (Fsp3) is 0.667. The molecule has 2 heterocycles. The predicted octanol–water partition coefficient (Wildman–Crippen LogP) is 1.46. The van der Waals surface area contributed by atoms with Gasteiger partial charge in [-0.2, -0.15) is 5.10 Å². The maximum absolute atomic E-state index is 11.7. The van der Waals surface area contributed by atoms with Gasteiger partial charge in [-0.1, -0.05) is 0 Å². The van der Waals surface area contributed by atoms with Crippen LogP contribution < -0.4 is 0 Å². The van der Waals surface area contributed by atoms with Crippen molar-refractivity contribution in [2.24, 2.45) is 5.92 Å². The zero-order valence-corrected chi connectivity index (χ0v) is 11.0. The summed E-state index contributed by atoms with van der Waals surface area (Å²) >= 11 is 0. The highest BCUT2D eigenvalue weighted by Crippen LogP contribution is 2.21. The molecular formula is C12H19N3O3. The highest BCUT2D eigenvalue weighted by Gasteiger charge is 2.33. The van der Waals surface area contributed by atoms with E-state index >= 15 is 0 Å². The molecule has 1 amide bonds. The number of likely N-dealkylation sites (tertiary alicyclic amines) is 1. The Morgan fingerprint density at radius 1 is 1.56 bits per heavy atom. The second-order valence-electron chi connectivity index (χ2n) is 5.67. The first-order valence-electron chi connectivity index (χ1n) is 6.03. The molecule has 0 radical (unpaired) electrons. The standard InChI is InChI=1S/C12H19N3O3/c1-12(2,3)18-11(17)14-5-9(6-14)7-15-8-10(16)4-13-15/h4,8-9,16H,5-7H2,1-3H3. The van der Waals surface area contributed by atoms with E-state index in [0.29, 0.717) is 25.6 Å². The molecule has 18 heavy (non-hydrogen) atoms. The Hall–Kier alpha value is -1.72. The Morgan fingerprint density at radius 3 is 2.72 bits per heavy atom. The molecule has 100 valence electrons. The van der Waals surface area contributed by atoms with E-state index < -0.39 is 5.60 Å². The average Bonchev–Trinajstić information content (AvgIpc) is 2.53. The summed E-state index contributed by atoms with van der Waals surface area (Å²) in [7, 11) is 0. The highest BCUT2D eigenvalue weighted by molar-refractivity contribution is 5.69. The molecule has 0 aromatic carbocycles. The Bertz CT molecular complexity index is 430. The average molecular weight is 253 g/mol. The lowest BCUT2D eigenvalue weighted by Gasteiger charge is -2.39. The van der Waals surface area contributed by atoms with Gasteiger partial charge in [-0.15, -0.1) is 0 Å². The number of rotatable bonds is 2. The Morgan fingerprint density at radius 2 is 2.22 bits per heavy atom. The van der Waals surface area contributed by atoms with Crippen molar-refractivity contribution in [3.63, 3.8) is 0 Å². The van der Waals surface area contributed by atoms with Gasteiger partial charge in [0.2, 0.25) is 0 Å². The zero-order chi connectivity index (χ0) is 13.3. The third kappa shape index (κ3) is 3.15. The minimum absolute atomic E-state index is 0.165. The van der Waals surface area contributed by atoms with Crippen LogP contribution in [0.5, 0.6) is 5.75 Å². The number of amides is 1. The number of ether oxygens (including phenoxy) is 1. The number of carbonyl (C=O) groups excluding carboxylic acids is 1. The van der Waals surface area contributed by atoms with Crippen molar-refractivity contribution in [2.45, 2.75) is 32.9 Å². The van der Waals surface area contributed by atoms with Crippen molar-refractivity contribution < 1.29 is 14.6 Å². The summed E-state index contributed by atoms with van der Waals surface area (Å²) in [5.74, 6) is 0.537. The molecule has 0 aliphatic carbocycles. The van der Waals surface area contributed by atoms with Crippen molar-refractivity contribution in [1.82, 2.24) is 14.7 Å². The van der Waals surface area contributed by atoms with E-state index in [1.807, 2.05) is 20.8 Å². The molecule has 1 N–H and O–H groups in total. The molecule has 1 saturated heterocycles. The van der Waals surface area contributed by atoms with Crippen LogP contribution in [0.15, 0.2) is 12.4 Å². The lowest BCUT2D eigenvalue weighted by molar-refractivity contribution is -0.00384. The molecule has 1 aliphatic rings. The molecule has 2 rings (SSSR count). The Labute approximate surface area is 106 Å². The van der Waals surface area contributed by atoms with E-state index in [0.717, 1.165) is 0 Å². The van der Waals surface area contributed by atoms with E-state index in [4.69, 9.17) is 9.84 Å². The van der Waals surface area contributed by atoms with Crippen LogP contribution in [-0.4, -0.2) is 44.6 Å². The summed E-state index contributed by atoms with van der Waals surface area (Å²) in [6.45, 7) is 7.63. The van der Waals surface area contributed by atoms with Crippen molar-refractivity contribution in [1.29, 1.82) is 0 Å². The van der Waals surface area contributed by atoms with Crippen LogP contribution in [0, 0.1) is 5.92 Å². The molecule has 0 unspecified atom stereocenters. The third-order valence-corrected chi connectivity index (χ3v) is 2.67. The van der Waals surface area contributed by atoms with Crippen LogP contribution in [0.25, 0.3) is 0 Å². The van der Waals surface area contributed by atoms with Crippen LogP contribution in [0.1, 0.15) is 20.8 Å². The van der Waals surface area contributed by atoms with Crippen molar-refractivity contribution in [2.75, 3.05) is 13.1 Å². The summed E-state index contributed by atoms with van der Waals surface area (Å²) in [4.78, 5) is 13.4.